The Morgan fingerprint density at radius 3 is 3.00 bits per heavy atom. The molecule has 1 unspecified atom stereocenters. The molecule has 0 saturated heterocycles. The molecule has 0 aliphatic carbocycles. The Hall–Kier alpha value is -0.570. The van der Waals surface area contributed by atoms with E-state index in [1.54, 1.807) is 30.0 Å². The van der Waals surface area contributed by atoms with E-state index in [1.807, 2.05) is 12.3 Å². The molecule has 1 atom stereocenters. The molecule has 0 aliphatic rings. The van der Waals surface area contributed by atoms with E-state index in [1.165, 1.54) is 0 Å². The van der Waals surface area contributed by atoms with Gasteiger partial charge in [0.1, 0.15) is 9.88 Å². The first-order valence-corrected chi connectivity index (χ1v) is 6.65. The number of nitrogens with two attached hydrogens (primary N) is 1. The van der Waals surface area contributed by atoms with Gasteiger partial charge in [-0.15, -0.1) is 11.3 Å². The van der Waals surface area contributed by atoms with E-state index in [9.17, 15) is 0 Å². The Balaban J connectivity index is 2.21. The topological polar surface area (TPSA) is 62.7 Å². The minimum Gasteiger partial charge on any atom is -0.314 e. The van der Waals surface area contributed by atoms with Crippen LogP contribution in [0.1, 0.15) is 25.5 Å². The SMILES string of the molecule is Cc1csc(SCCCC(C)(N)C#N)n1. The number of nitriles is 1. The number of hydrogen-bond donors (Lipinski definition) is 1. The van der Waals surface area contributed by atoms with E-state index in [-0.39, 0.29) is 0 Å². The van der Waals surface area contributed by atoms with Gasteiger partial charge in [0.25, 0.3) is 0 Å². The summed E-state index contributed by atoms with van der Waals surface area (Å²) in [6.45, 7) is 3.76. The summed E-state index contributed by atoms with van der Waals surface area (Å²) in [5, 5.41) is 10.8. The number of thiazole rings is 1. The molecule has 0 spiro atoms. The quantitative estimate of drug-likeness (QED) is 0.635. The van der Waals surface area contributed by atoms with Crippen LogP contribution in [0.2, 0.25) is 0 Å². The van der Waals surface area contributed by atoms with E-state index in [0.717, 1.165) is 28.6 Å². The first-order valence-electron chi connectivity index (χ1n) is 4.78. The van der Waals surface area contributed by atoms with Crippen LogP contribution in [0.3, 0.4) is 0 Å². The van der Waals surface area contributed by atoms with Gasteiger partial charge in [-0.05, 0) is 26.7 Å². The molecule has 5 heteroatoms. The zero-order valence-corrected chi connectivity index (χ0v) is 10.6. The van der Waals surface area contributed by atoms with Crippen molar-refractivity contribution in [2.45, 2.75) is 36.6 Å². The van der Waals surface area contributed by atoms with Crippen LogP contribution in [0.15, 0.2) is 9.72 Å². The van der Waals surface area contributed by atoms with Gasteiger partial charge in [0, 0.05) is 16.8 Å². The van der Waals surface area contributed by atoms with Crippen LogP contribution in [0.25, 0.3) is 0 Å². The lowest BCUT2D eigenvalue weighted by molar-refractivity contribution is 0.540. The minimum absolute atomic E-state index is 0.681. The minimum atomic E-state index is -0.681. The molecule has 82 valence electrons. The zero-order valence-electron chi connectivity index (χ0n) is 8.99. The molecule has 0 bridgehead atoms. The van der Waals surface area contributed by atoms with Crippen molar-refractivity contribution in [2.75, 3.05) is 5.75 Å². The van der Waals surface area contributed by atoms with Crippen molar-refractivity contribution in [1.82, 2.24) is 4.98 Å². The second-order valence-corrected chi connectivity index (χ2v) is 5.94. The molecule has 0 fully saturated rings. The lowest BCUT2D eigenvalue weighted by Gasteiger charge is -2.13. The third-order valence-corrected chi connectivity index (χ3v) is 4.14. The molecule has 1 heterocycles. The van der Waals surface area contributed by atoms with Gasteiger partial charge in [0.2, 0.25) is 0 Å². The number of aryl methyl sites for hydroxylation is 1. The van der Waals surface area contributed by atoms with Crippen molar-refractivity contribution in [3.8, 4) is 6.07 Å². The first kappa shape index (κ1) is 12.5. The van der Waals surface area contributed by atoms with E-state index in [0.29, 0.717) is 0 Å². The highest BCUT2D eigenvalue weighted by Gasteiger charge is 2.16. The van der Waals surface area contributed by atoms with Crippen LogP contribution in [0.5, 0.6) is 0 Å². The highest BCUT2D eigenvalue weighted by Crippen LogP contribution is 2.24. The molecule has 1 aromatic heterocycles. The third-order valence-electron chi connectivity index (χ3n) is 1.92. The van der Waals surface area contributed by atoms with Gasteiger partial charge >= 0.3 is 0 Å². The summed E-state index contributed by atoms with van der Waals surface area (Å²) in [5.74, 6) is 0.974. The predicted molar refractivity (Wildman–Crippen MR) is 65.0 cm³/mol. The summed E-state index contributed by atoms with van der Waals surface area (Å²) in [6.07, 6.45) is 1.69. The Morgan fingerprint density at radius 2 is 2.47 bits per heavy atom. The maximum absolute atomic E-state index is 8.72. The summed E-state index contributed by atoms with van der Waals surface area (Å²) in [4.78, 5) is 4.35. The van der Waals surface area contributed by atoms with Crippen molar-refractivity contribution in [3.63, 3.8) is 0 Å². The molecule has 0 amide bonds. The predicted octanol–water partition coefficient (Wildman–Crippen LogP) is 2.56. The van der Waals surface area contributed by atoms with Gasteiger partial charge in [0.15, 0.2) is 0 Å². The molecule has 0 saturated carbocycles. The van der Waals surface area contributed by atoms with Crippen molar-refractivity contribution in [1.29, 1.82) is 5.26 Å². The maximum atomic E-state index is 8.72. The van der Waals surface area contributed by atoms with E-state index < -0.39 is 5.54 Å². The van der Waals surface area contributed by atoms with Crippen LogP contribution in [0, 0.1) is 18.3 Å². The fourth-order valence-corrected chi connectivity index (χ4v) is 2.91. The lowest BCUT2D eigenvalue weighted by Crippen LogP contribution is -2.33. The molecule has 0 radical (unpaired) electrons. The average Bonchev–Trinajstić information content (AvgIpc) is 2.59. The summed E-state index contributed by atoms with van der Waals surface area (Å²) in [7, 11) is 0. The van der Waals surface area contributed by atoms with Crippen LogP contribution in [0.4, 0.5) is 0 Å². The fourth-order valence-electron chi connectivity index (χ4n) is 1.05. The highest BCUT2D eigenvalue weighted by molar-refractivity contribution is 8.00. The standard InChI is InChI=1S/C10H15N3S2/c1-8-6-15-9(13-8)14-5-3-4-10(2,12)7-11/h6H,3-5,12H2,1-2H3. The van der Waals surface area contributed by atoms with Crippen LogP contribution >= 0.6 is 23.1 Å². The van der Waals surface area contributed by atoms with Crippen molar-refractivity contribution >= 4 is 23.1 Å². The van der Waals surface area contributed by atoms with E-state index >= 15 is 0 Å². The monoisotopic (exact) mass is 241 g/mol. The number of hydrogen-bond acceptors (Lipinski definition) is 5. The number of thioether (sulfide) groups is 1. The molecule has 3 nitrogen and oxygen atoms in total. The Bertz CT molecular complexity index is 352. The second kappa shape index (κ2) is 5.50. The van der Waals surface area contributed by atoms with Gasteiger partial charge in [0.05, 0.1) is 6.07 Å². The van der Waals surface area contributed by atoms with Gasteiger partial charge in [-0.2, -0.15) is 5.26 Å². The Morgan fingerprint density at radius 1 is 1.73 bits per heavy atom. The normalized spacial score (nSPS) is 14.5. The van der Waals surface area contributed by atoms with Crippen LogP contribution in [-0.4, -0.2) is 16.3 Å². The summed E-state index contributed by atoms with van der Waals surface area (Å²) < 4.78 is 1.10. The molecule has 2 N–H and O–H groups in total. The summed E-state index contributed by atoms with van der Waals surface area (Å²) in [6, 6.07) is 2.10. The molecule has 0 aromatic carbocycles. The molecule has 1 rings (SSSR count). The largest absolute Gasteiger partial charge is 0.314 e. The molecule has 0 aliphatic heterocycles. The van der Waals surface area contributed by atoms with Crippen LogP contribution in [-0.2, 0) is 0 Å². The molecular formula is C10H15N3S2. The van der Waals surface area contributed by atoms with Gasteiger partial charge in [-0.3, -0.25) is 0 Å². The Kier molecular flexibility index (Phi) is 4.58. The smallest absolute Gasteiger partial charge is 0.150 e. The van der Waals surface area contributed by atoms with E-state index in [4.69, 9.17) is 11.0 Å². The fraction of sp³-hybridized carbons (Fsp3) is 0.600. The molecule has 15 heavy (non-hydrogen) atoms. The van der Waals surface area contributed by atoms with Crippen molar-refractivity contribution in [2.24, 2.45) is 5.73 Å². The van der Waals surface area contributed by atoms with Gasteiger partial charge in [-0.1, -0.05) is 11.8 Å². The van der Waals surface area contributed by atoms with Gasteiger partial charge < -0.3 is 5.73 Å². The van der Waals surface area contributed by atoms with Gasteiger partial charge in [-0.25, -0.2) is 4.98 Å². The molecular weight excluding hydrogens is 226 g/mol. The number of aromatic nitrogens is 1. The summed E-state index contributed by atoms with van der Waals surface area (Å²) in [5.41, 5.74) is 6.11. The van der Waals surface area contributed by atoms with Crippen LogP contribution < -0.4 is 5.73 Å². The first-order chi connectivity index (χ1) is 7.03. The second-order valence-electron chi connectivity index (χ2n) is 3.74. The average molecular weight is 241 g/mol. The molecule has 1 aromatic rings. The Labute approximate surface area is 98.7 Å². The van der Waals surface area contributed by atoms with E-state index in [2.05, 4.69) is 11.1 Å². The number of nitrogens with zero attached hydrogens (tertiary/aromatic N) is 2. The van der Waals surface area contributed by atoms with Crippen molar-refractivity contribution in [3.05, 3.63) is 11.1 Å². The zero-order chi connectivity index (χ0) is 11.3. The highest BCUT2D eigenvalue weighted by atomic mass is 32.2. The maximum Gasteiger partial charge on any atom is 0.150 e. The lowest BCUT2D eigenvalue weighted by atomic mass is 10.0. The van der Waals surface area contributed by atoms with Crippen molar-refractivity contribution < 1.29 is 0 Å². The summed E-state index contributed by atoms with van der Waals surface area (Å²) >= 11 is 3.40. The number of rotatable bonds is 5. The third kappa shape index (κ3) is 4.65.